The molecule has 1 aromatic rings. The molecule has 0 saturated carbocycles. The highest BCUT2D eigenvalue weighted by molar-refractivity contribution is 5.16. The van der Waals surface area contributed by atoms with Crippen LogP contribution in [-0.2, 0) is 6.42 Å². The van der Waals surface area contributed by atoms with Crippen LogP contribution >= 0.6 is 0 Å². The molecule has 100 valence electrons. The van der Waals surface area contributed by atoms with Gasteiger partial charge in [-0.1, -0.05) is 44.2 Å². The van der Waals surface area contributed by atoms with Crippen LogP contribution in [0, 0.1) is 0 Å². The number of hydrogen-bond acceptors (Lipinski definition) is 2. The summed E-state index contributed by atoms with van der Waals surface area (Å²) in [5.74, 6) is 0. The van der Waals surface area contributed by atoms with E-state index in [0.717, 1.165) is 26.1 Å². The maximum absolute atomic E-state index is 3.73. The smallest absolute Gasteiger partial charge is 0.0303 e. The van der Waals surface area contributed by atoms with E-state index in [-0.39, 0.29) is 0 Å². The normalized spacial score (nSPS) is 29.4. The molecular formula is C16H26N2. The molecule has 1 heterocycles. The first-order valence-corrected chi connectivity index (χ1v) is 7.20. The number of benzene rings is 1. The Morgan fingerprint density at radius 1 is 1.28 bits per heavy atom. The molecule has 1 fully saturated rings. The van der Waals surface area contributed by atoms with E-state index in [1.807, 2.05) is 0 Å². The minimum absolute atomic E-state index is 0.335. The predicted molar refractivity (Wildman–Crippen MR) is 77.9 cm³/mol. The SMILES string of the molecule is CCN1CC(Cc2ccccc2)NCC1(C)CC. The summed E-state index contributed by atoms with van der Waals surface area (Å²) in [6, 6.07) is 11.4. The van der Waals surface area contributed by atoms with Crippen molar-refractivity contribution in [3.05, 3.63) is 35.9 Å². The van der Waals surface area contributed by atoms with Crippen LogP contribution in [0.1, 0.15) is 32.8 Å². The summed E-state index contributed by atoms with van der Waals surface area (Å²) in [5, 5.41) is 3.73. The molecule has 2 rings (SSSR count). The monoisotopic (exact) mass is 246 g/mol. The number of rotatable bonds is 4. The summed E-state index contributed by atoms with van der Waals surface area (Å²) in [6.45, 7) is 10.4. The van der Waals surface area contributed by atoms with Crippen molar-refractivity contribution in [2.24, 2.45) is 0 Å². The maximum Gasteiger partial charge on any atom is 0.0303 e. The van der Waals surface area contributed by atoms with Gasteiger partial charge in [0.2, 0.25) is 0 Å². The molecule has 0 radical (unpaired) electrons. The van der Waals surface area contributed by atoms with Crippen LogP contribution in [0.5, 0.6) is 0 Å². The second-order valence-electron chi connectivity index (χ2n) is 5.66. The summed E-state index contributed by atoms with van der Waals surface area (Å²) in [4.78, 5) is 2.64. The van der Waals surface area contributed by atoms with Gasteiger partial charge in [-0.25, -0.2) is 0 Å². The van der Waals surface area contributed by atoms with E-state index >= 15 is 0 Å². The predicted octanol–water partition coefficient (Wildman–Crippen LogP) is 2.69. The fourth-order valence-electron chi connectivity index (χ4n) is 2.92. The Balaban J connectivity index is 1.98. The fourth-order valence-corrected chi connectivity index (χ4v) is 2.92. The Bertz CT molecular complexity index is 363. The largest absolute Gasteiger partial charge is 0.311 e. The Morgan fingerprint density at radius 3 is 2.61 bits per heavy atom. The molecule has 0 bridgehead atoms. The van der Waals surface area contributed by atoms with Gasteiger partial charge in [-0.05, 0) is 31.9 Å². The summed E-state index contributed by atoms with van der Waals surface area (Å²) < 4.78 is 0. The van der Waals surface area contributed by atoms with Gasteiger partial charge in [0.1, 0.15) is 0 Å². The molecular weight excluding hydrogens is 220 g/mol. The second-order valence-corrected chi connectivity index (χ2v) is 5.66. The molecule has 1 saturated heterocycles. The van der Waals surface area contributed by atoms with Crippen LogP contribution < -0.4 is 5.32 Å². The molecule has 2 unspecified atom stereocenters. The van der Waals surface area contributed by atoms with Crippen LogP contribution in [0.3, 0.4) is 0 Å². The van der Waals surface area contributed by atoms with Gasteiger partial charge in [-0.15, -0.1) is 0 Å². The van der Waals surface area contributed by atoms with Crippen molar-refractivity contribution in [3.8, 4) is 0 Å². The molecule has 1 aromatic carbocycles. The van der Waals surface area contributed by atoms with Gasteiger partial charge in [-0.3, -0.25) is 4.90 Å². The van der Waals surface area contributed by atoms with Gasteiger partial charge >= 0.3 is 0 Å². The third kappa shape index (κ3) is 2.93. The van der Waals surface area contributed by atoms with Crippen molar-refractivity contribution >= 4 is 0 Å². The highest BCUT2D eigenvalue weighted by Gasteiger charge is 2.35. The lowest BCUT2D eigenvalue weighted by Crippen LogP contribution is -2.63. The van der Waals surface area contributed by atoms with Crippen molar-refractivity contribution in [2.45, 2.75) is 45.2 Å². The molecule has 0 aliphatic carbocycles. The third-order valence-corrected chi connectivity index (χ3v) is 4.44. The molecule has 1 aliphatic rings. The van der Waals surface area contributed by atoms with Gasteiger partial charge < -0.3 is 5.32 Å². The molecule has 0 amide bonds. The Hall–Kier alpha value is -0.860. The van der Waals surface area contributed by atoms with E-state index in [4.69, 9.17) is 0 Å². The topological polar surface area (TPSA) is 15.3 Å². The van der Waals surface area contributed by atoms with E-state index in [1.165, 1.54) is 12.0 Å². The fraction of sp³-hybridized carbons (Fsp3) is 0.625. The van der Waals surface area contributed by atoms with Crippen LogP contribution in [0.15, 0.2) is 30.3 Å². The zero-order valence-electron chi connectivity index (χ0n) is 11.9. The quantitative estimate of drug-likeness (QED) is 0.878. The van der Waals surface area contributed by atoms with E-state index in [1.54, 1.807) is 0 Å². The first-order valence-electron chi connectivity index (χ1n) is 7.20. The van der Waals surface area contributed by atoms with Crippen LogP contribution in [0.4, 0.5) is 0 Å². The van der Waals surface area contributed by atoms with Gasteiger partial charge in [0.25, 0.3) is 0 Å². The number of hydrogen-bond donors (Lipinski definition) is 1. The van der Waals surface area contributed by atoms with Gasteiger partial charge in [0.05, 0.1) is 0 Å². The highest BCUT2D eigenvalue weighted by atomic mass is 15.3. The third-order valence-electron chi connectivity index (χ3n) is 4.44. The Kier molecular flexibility index (Phi) is 4.41. The maximum atomic E-state index is 3.73. The van der Waals surface area contributed by atoms with Crippen molar-refractivity contribution < 1.29 is 0 Å². The summed E-state index contributed by atoms with van der Waals surface area (Å²) in [5.41, 5.74) is 1.77. The average molecular weight is 246 g/mol. The van der Waals surface area contributed by atoms with Crippen molar-refractivity contribution in [1.29, 1.82) is 0 Å². The highest BCUT2D eigenvalue weighted by Crippen LogP contribution is 2.23. The van der Waals surface area contributed by atoms with E-state index < -0.39 is 0 Å². The molecule has 0 aromatic heterocycles. The number of likely N-dealkylation sites (N-methyl/N-ethyl adjacent to an activating group) is 1. The molecule has 2 nitrogen and oxygen atoms in total. The van der Waals surface area contributed by atoms with E-state index in [2.05, 4.69) is 61.3 Å². The number of nitrogens with zero attached hydrogens (tertiary/aromatic N) is 1. The molecule has 2 heteroatoms. The lowest BCUT2D eigenvalue weighted by atomic mass is 9.90. The standard InChI is InChI=1S/C16H26N2/c1-4-16(3)13-17-15(12-18(16)5-2)11-14-9-7-6-8-10-14/h6-10,15,17H,4-5,11-13H2,1-3H3. The summed E-state index contributed by atoms with van der Waals surface area (Å²) in [6.07, 6.45) is 2.35. The van der Waals surface area contributed by atoms with Crippen molar-refractivity contribution in [3.63, 3.8) is 0 Å². The zero-order valence-corrected chi connectivity index (χ0v) is 11.9. The minimum atomic E-state index is 0.335. The Morgan fingerprint density at radius 2 is 2.00 bits per heavy atom. The summed E-state index contributed by atoms with van der Waals surface area (Å²) >= 11 is 0. The van der Waals surface area contributed by atoms with Gasteiger partial charge in [0, 0.05) is 24.7 Å². The first kappa shape index (κ1) is 13.6. The molecule has 1 aliphatic heterocycles. The average Bonchev–Trinajstić information content (AvgIpc) is 2.42. The minimum Gasteiger partial charge on any atom is -0.311 e. The van der Waals surface area contributed by atoms with Crippen LogP contribution in [0.25, 0.3) is 0 Å². The van der Waals surface area contributed by atoms with E-state index in [9.17, 15) is 0 Å². The first-order chi connectivity index (χ1) is 8.68. The van der Waals surface area contributed by atoms with Gasteiger partial charge in [-0.2, -0.15) is 0 Å². The number of nitrogens with one attached hydrogen (secondary N) is 1. The zero-order chi connectivity index (χ0) is 13.0. The van der Waals surface area contributed by atoms with Crippen molar-refractivity contribution in [1.82, 2.24) is 10.2 Å². The molecule has 0 spiro atoms. The lowest BCUT2D eigenvalue weighted by Gasteiger charge is -2.47. The van der Waals surface area contributed by atoms with Crippen LogP contribution in [-0.4, -0.2) is 36.1 Å². The second kappa shape index (κ2) is 5.85. The molecule has 1 N–H and O–H groups in total. The van der Waals surface area contributed by atoms with Crippen molar-refractivity contribution in [2.75, 3.05) is 19.6 Å². The summed E-state index contributed by atoms with van der Waals surface area (Å²) in [7, 11) is 0. The lowest BCUT2D eigenvalue weighted by molar-refractivity contribution is 0.0543. The number of piperazine rings is 1. The van der Waals surface area contributed by atoms with Crippen LogP contribution in [0.2, 0.25) is 0 Å². The molecule has 18 heavy (non-hydrogen) atoms. The Labute approximate surface area is 111 Å². The molecule has 2 atom stereocenters. The van der Waals surface area contributed by atoms with Gasteiger partial charge in [0.15, 0.2) is 0 Å². The van der Waals surface area contributed by atoms with E-state index in [0.29, 0.717) is 11.6 Å².